The summed E-state index contributed by atoms with van der Waals surface area (Å²) in [5, 5.41) is 3.07. The van der Waals surface area contributed by atoms with Crippen molar-refractivity contribution in [3.63, 3.8) is 0 Å². The number of alkyl halides is 3. The third kappa shape index (κ3) is 1.38. The van der Waals surface area contributed by atoms with E-state index in [0.717, 1.165) is 17.7 Å². The Bertz CT molecular complexity index is 436. The number of benzene rings is 1. The number of fused-ring (bicyclic) bond motifs is 1. The first-order valence-corrected chi connectivity index (χ1v) is 5.02. The van der Waals surface area contributed by atoms with Crippen molar-refractivity contribution >= 4 is 6.34 Å². The Morgan fingerprint density at radius 1 is 1.12 bits per heavy atom. The van der Waals surface area contributed by atoms with Gasteiger partial charge in [-0.05, 0) is 17.7 Å². The maximum atomic E-state index is 12.3. The van der Waals surface area contributed by atoms with E-state index in [9.17, 15) is 13.2 Å². The summed E-state index contributed by atoms with van der Waals surface area (Å²) in [6.07, 6.45) is -2.59. The van der Waals surface area contributed by atoms with E-state index in [4.69, 9.17) is 0 Å². The molecule has 2 nitrogen and oxygen atoms in total. The maximum absolute atomic E-state index is 12.3. The van der Waals surface area contributed by atoms with Crippen molar-refractivity contribution in [3.05, 3.63) is 35.4 Å². The minimum Gasteiger partial charge on any atom is -0.371 e. The quantitative estimate of drug-likeness (QED) is 0.779. The summed E-state index contributed by atoms with van der Waals surface area (Å²) in [7, 11) is 0. The van der Waals surface area contributed by atoms with Crippen molar-refractivity contribution in [2.75, 3.05) is 0 Å². The van der Waals surface area contributed by atoms with Crippen molar-refractivity contribution < 1.29 is 13.2 Å². The van der Waals surface area contributed by atoms with E-state index in [1.54, 1.807) is 18.5 Å². The summed E-state index contributed by atoms with van der Waals surface area (Å²) < 4.78 is 37.0. The summed E-state index contributed by atoms with van der Waals surface area (Å²) in [6, 6.07) is 5.86. The van der Waals surface area contributed by atoms with Crippen LogP contribution in [0.1, 0.15) is 17.0 Å². The highest BCUT2D eigenvalue weighted by Gasteiger charge is 2.53. The zero-order valence-corrected chi connectivity index (χ0v) is 8.20. The van der Waals surface area contributed by atoms with Crippen LogP contribution in [0.3, 0.4) is 0 Å². The van der Waals surface area contributed by atoms with Crippen molar-refractivity contribution in [1.82, 2.24) is 5.32 Å². The standard InChI is InChI=1S/C11H9F3N2/c12-11(13,14)7-3-1-6(2-4-7)8-9-10(8)16-5-15-9/h1-5,8-10H,(H,15,16)/t8-,9-,10+. The molecule has 3 rings (SSSR count). The van der Waals surface area contributed by atoms with Crippen molar-refractivity contribution in [2.45, 2.75) is 24.2 Å². The summed E-state index contributed by atoms with van der Waals surface area (Å²) in [5.41, 5.74) is 0.325. The summed E-state index contributed by atoms with van der Waals surface area (Å²) in [4.78, 5) is 4.18. The van der Waals surface area contributed by atoms with Gasteiger partial charge in [0.15, 0.2) is 0 Å². The number of nitrogens with one attached hydrogen (secondary N) is 1. The highest BCUT2D eigenvalue weighted by molar-refractivity contribution is 5.63. The molecule has 1 aromatic rings. The summed E-state index contributed by atoms with van der Waals surface area (Å²) in [5.74, 6) is 0.243. The van der Waals surface area contributed by atoms with Gasteiger partial charge in [-0.1, -0.05) is 12.1 Å². The summed E-state index contributed by atoms with van der Waals surface area (Å²) in [6.45, 7) is 0. The Morgan fingerprint density at radius 3 is 2.31 bits per heavy atom. The molecule has 1 aliphatic heterocycles. The van der Waals surface area contributed by atoms with Crippen molar-refractivity contribution in [2.24, 2.45) is 4.99 Å². The second-order valence-electron chi connectivity index (χ2n) is 4.11. The van der Waals surface area contributed by atoms with Gasteiger partial charge in [0.1, 0.15) is 0 Å². The molecule has 0 unspecified atom stereocenters. The lowest BCUT2D eigenvalue weighted by atomic mass is 10.1. The first-order valence-electron chi connectivity index (χ1n) is 5.02. The average molecular weight is 226 g/mol. The van der Waals surface area contributed by atoms with E-state index in [2.05, 4.69) is 10.3 Å². The van der Waals surface area contributed by atoms with E-state index < -0.39 is 11.7 Å². The third-order valence-corrected chi connectivity index (χ3v) is 3.12. The Kier molecular flexibility index (Phi) is 1.81. The van der Waals surface area contributed by atoms with Crippen LogP contribution in [0.15, 0.2) is 29.3 Å². The lowest BCUT2D eigenvalue weighted by Crippen LogP contribution is -2.12. The maximum Gasteiger partial charge on any atom is 0.416 e. The highest BCUT2D eigenvalue weighted by Crippen LogP contribution is 2.46. The minimum atomic E-state index is -4.26. The predicted molar refractivity (Wildman–Crippen MR) is 53.4 cm³/mol. The first-order chi connectivity index (χ1) is 7.57. The molecule has 2 aliphatic rings. The van der Waals surface area contributed by atoms with Crippen molar-refractivity contribution in [3.8, 4) is 0 Å². The molecule has 0 aromatic heterocycles. The van der Waals surface area contributed by atoms with Gasteiger partial charge < -0.3 is 5.32 Å². The monoisotopic (exact) mass is 226 g/mol. The van der Waals surface area contributed by atoms with Crippen molar-refractivity contribution in [1.29, 1.82) is 0 Å². The number of rotatable bonds is 1. The van der Waals surface area contributed by atoms with Gasteiger partial charge in [-0.2, -0.15) is 13.2 Å². The highest BCUT2D eigenvalue weighted by atomic mass is 19.4. The third-order valence-electron chi connectivity index (χ3n) is 3.12. The van der Waals surface area contributed by atoms with Crippen LogP contribution >= 0.6 is 0 Å². The molecule has 1 fully saturated rings. The molecule has 5 heteroatoms. The molecule has 16 heavy (non-hydrogen) atoms. The van der Waals surface area contributed by atoms with Crippen LogP contribution in [-0.2, 0) is 6.18 Å². The normalized spacial score (nSPS) is 31.1. The van der Waals surface area contributed by atoms with Crippen LogP contribution in [0, 0.1) is 0 Å². The van der Waals surface area contributed by atoms with E-state index in [1.807, 2.05) is 0 Å². The molecule has 0 saturated heterocycles. The molecule has 0 spiro atoms. The Balaban J connectivity index is 1.81. The zero-order chi connectivity index (χ0) is 11.3. The van der Waals surface area contributed by atoms with Gasteiger partial charge in [0, 0.05) is 5.92 Å². The Hall–Kier alpha value is -1.52. The lowest BCUT2D eigenvalue weighted by Gasteiger charge is -2.07. The minimum absolute atomic E-state index is 0.219. The molecule has 1 N–H and O–H groups in total. The molecule has 1 saturated carbocycles. The smallest absolute Gasteiger partial charge is 0.371 e. The fraction of sp³-hybridized carbons (Fsp3) is 0.364. The zero-order valence-electron chi connectivity index (χ0n) is 8.20. The Labute approximate surface area is 90.2 Å². The number of hydrogen-bond donors (Lipinski definition) is 1. The molecule has 0 radical (unpaired) electrons. The fourth-order valence-electron chi connectivity index (χ4n) is 2.20. The van der Waals surface area contributed by atoms with E-state index in [-0.39, 0.29) is 18.0 Å². The van der Waals surface area contributed by atoms with Gasteiger partial charge in [0.05, 0.1) is 24.0 Å². The molecular weight excluding hydrogens is 217 g/mol. The predicted octanol–water partition coefficient (Wildman–Crippen LogP) is 2.17. The number of halogens is 3. The molecule has 3 atom stereocenters. The van der Waals surface area contributed by atoms with Crippen LogP contribution in [0.25, 0.3) is 0 Å². The molecule has 1 heterocycles. The molecule has 1 aromatic carbocycles. The van der Waals surface area contributed by atoms with Crippen LogP contribution < -0.4 is 5.32 Å². The van der Waals surface area contributed by atoms with Gasteiger partial charge in [-0.25, -0.2) is 0 Å². The van der Waals surface area contributed by atoms with Crippen LogP contribution in [-0.4, -0.2) is 18.4 Å². The average Bonchev–Trinajstić information content (AvgIpc) is 2.71. The number of aliphatic imine (C=N–C) groups is 1. The largest absolute Gasteiger partial charge is 0.416 e. The SMILES string of the molecule is FC(F)(F)c1ccc([C@H]2[C@@H]3N=CN[C@@H]32)cc1. The second-order valence-corrected chi connectivity index (χ2v) is 4.11. The number of hydrogen-bond acceptors (Lipinski definition) is 2. The van der Waals surface area contributed by atoms with Crippen LogP contribution in [0.2, 0.25) is 0 Å². The Morgan fingerprint density at radius 2 is 1.81 bits per heavy atom. The van der Waals surface area contributed by atoms with Gasteiger partial charge in [-0.15, -0.1) is 0 Å². The molecule has 84 valence electrons. The second kappa shape index (κ2) is 2.99. The number of nitrogens with zero attached hydrogens (tertiary/aromatic N) is 1. The van der Waals surface area contributed by atoms with Gasteiger partial charge in [0.2, 0.25) is 0 Å². The van der Waals surface area contributed by atoms with Gasteiger partial charge in [-0.3, -0.25) is 4.99 Å². The molecule has 0 bridgehead atoms. The van der Waals surface area contributed by atoms with E-state index in [0.29, 0.717) is 0 Å². The first kappa shape index (κ1) is 9.69. The van der Waals surface area contributed by atoms with E-state index in [1.165, 1.54) is 0 Å². The lowest BCUT2D eigenvalue weighted by molar-refractivity contribution is -0.137. The summed E-state index contributed by atoms with van der Waals surface area (Å²) >= 11 is 0. The van der Waals surface area contributed by atoms with Gasteiger partial charge >= 0.3 is 6.18 Å². The molecule has 1 aliphatic carbocycles. The molecule has 0 amide bonds. The van der Waals surface area contributed by atoms with E-state index >= 15 is 0 Å². The topological polar surface area (TPSA) is 24.4 Å². The molecular formula is C11H9F3N2. The van der Waals surface area contributed by atoms with Gasteiger partial charge in [0.25, 0.3) is 0 Å². The fourth-order valence-corrected chi connectivity index (χ4v) is 2.20. The van der Waals surface area contributed by atoms with Crippen LogP contribution in [0.5, 0.6) is 0 Å². The van der Waals surface area contributed by atoms with Crippen LogP contribution in [0.4, 0.5) is 13.2 Å².